The first kappa shape index (κ1) is 36.7. The van der Waals surface area contributed by atoms with Gasteiger partial charge in [0.1, 0.15) is 19.5 Å². The van der Waals surface area contributed by atoms with Crippen molar-refractivity contribution in [2.24, 2.45) is 16.1 Å². The Morgan fingerprint density at radius 1 is 1.10 bits per heavy atom. The Balaban J connectivity index is 1.39. The third-order valence-electron chi connectivity index (χ3n) is 8.60. The fourth-order valence-electron chi connectivity index (χ4n) is 6.22. The molecule has 2 aromatic carbocycles. The van der Waals surface area contributed by atoms with Crippen molar-refractivity contribution in [3.8, 4) is 16.8 Å². The normalized spacial score (nSPS) is 18.5. The average Bonchev–Trinajstić information content (AvgIpc) is 3.48. The van der Waals surface area contributed by atoms with Crippen LogP contribution in [-0.2, 0) is 15.1 Å². The molecule has 3 N–H and O–H groups in total. The number of nitrogens with zero attached hydrogens (tertiary/aromatic N) is 7. The number of benzene rings is 2. The van der Waals surface area contributed by atoms with Crippen LogP contribution in [0.1, 0.15) is 75.5 Å². The lowest BCUT2D eigenvalue weighted by Gasteiger charge is -2.35. The molecule has 1 aliphatic heterocycles. The van der Waals surface area contributed by atoms with Gasteiger partial charge in [0.05, 0.1) is 29.0 Å². The minimum Gasteiger partial charge on any atom is -0.447 e. The second-order valence-electron chi connectivity index (χ2n) is 13.9. The van der Waals surface area contributed by atoms with Crippen molar-refractivity contribution in [1.29, 1.82) is 0 Å². The number of nitrogens with one attached hydrogen (secondary N) is 1. The number of nitrogens with two attached hydrogens (primary N) is 1. The number of aromatic nitrogens is 5. The Bertz CT molecular complexity index is 1990. The van der Waals surface area contributed by atoms with Crippen molar-refractivity contribution in [3.63, 3.8) is 0 Å². The lowest BCUT2D eigenvalue weighted by atomic mass is 9.75. The molecule has 52 heavy (non-hydrogen) atoms. The van der Waals surface area contributed by atoms with E-state index in [2.05, 4.69) is 15.2 Å². The molecule has 0 saturated heterocycles. The molecule has 0 radical (unpaired) electrons. The van der Waals surface area contributed by atoms with E-state index in [-0.39, 0.29) is 28.7 Å². The number of carbonyl (C=O) groups is 2. The Hall–Kier alpha value is -5.06. The number of hydrogen-bond acceptors (Lipinski definition) is 8. The van der Waals surface area contributed by atoms with E-state index in [1.54, 1.807) is 23.6 Å². The van der Waals surface area contributed by atoms with Crippen molar-refractivity contribution in [3.05, 3.63) is 83.2 Å². The number of hydrogen-bond donors (Lipinski definition) is 2. The van der Waals surface area contributed by atoms with E-state index < -0.39 is 60.6 Å². The maximum absolute atomic E-state index is 14.9. The number of carbonyl (C=O) groups excluding carboxylic acids is 2. The van der Waals surface area contributed by atoms with Crippen LogP contribution >= 0.6 is 11.6 Å². The van der Waals surface area contributed by atoms with Crippen LogP contribution in [0.3, 0.4) is 0 Å². The van der Waals surface area contributed by atoms with E-state index in [0.717, 1.165) is 39.9 Å². The largest absolute Gasteiger partial charge is 0.447 e. The molecule has 2 amide bonds. The van der Waals surface area contributed by atoms with Crippen LogP contribution in [0.2, 0.25) is 5.02 Å². The number of amides is 2. The van der Waals surface area contributed by atoms with E-state index in [4.69, 9.17) is 27.1 Å². The zero-order valence-corrected chi connectivity index (χ0v) is 29.0. The lowest BCUT2D eigenvalue weighted by Crippen LogP contribution is -2.47. The van der Waals surface area contributed by atoms with E-state index in [1.807, 2.05) is 43.8 Å². The number of ether oxygens (including phenoxy) is 1. The Kier molecular flexibility index (Phi) is 9.76. The molecule has 2 aromatic heterocycles. The van der Waals surface area contributed by atoms with Gasteiger partial charge in [0.2, 0.25) is 0 Å². The first-order valence-corrected chi connectivity index (χ1v) is 16.6. The summed E-state index contributed by atoms with van der Waals surface area (Å²) in [5.41, 5.74) is 6.86. The van der Waals surface area contributed by atoms with Gasteiger partial charge < -0.3 is 15.8 Å². The number of alkyl halides is 5. The fraction of sp³-hybridized carbons (Fsp3) is 0.412. The highest BCUT2D eigenvalue weighted by Gasteiger charge is 2.53. The van der Waals surface area contributed by atoms with Crippen LogP contribution in [0.5, 0.6) is 0 Å². The minimum atomic E-state index is -4.72. The van der Waals surface area contributed by atoms with Crippen LogP contribution < -0.4 is 11.1 Å². The molecular weight excluding hydrogens is 713 g/mol. The average molecular weight is 748 g/mol. The molecule has 3 heterocycles. The van der Waals surface area contributed by atoms with Gasteiger partial charge in [-0.15, -0.1) is 0 Å². The van der Waals surface area contributed by atoms with E-state index in [0.29, 0.717) is 11.6 Å². The highest BCUT2D eigenvalue weighted by Crippen LogP contribution is 2.45. The summed E-state index contributed by atoms with van der Waals surface area (Å²) >= 11 is 6.40. The van der Waals surface area contributed by atoms with E-state index in [1.165, 1.54) is 18.2 Å². The first-order chi connectivity index (χ1) is 24.5. The summed E-state index contributed by atoms with van der Waals surface area (Å²) in [4.78, 5) is 36.7. The lowest BCUT2D eigenvalue weighted by molar-refractivity contribution is -0.135. The fourth-order valence-corrected chi connectivity index (χ4v) is 6.42. The molecule has 1 fully saturated rings. The van der Waals surface area contributed by atoms with Crippen molar-refractivity contribution in [1.82, 2.24) is 34.8 Å². The summed E-state index contributed by atoms with van der Waals surface area (Å²) in [6.07, 6.45) is -2.18. The van der Waals surface area contributed by atoms with E-state index in [9.17, 15) is 31.5 Å². The highest BCUT2D eigenvalue weighted by atomic mass is 35.5. The summed E-state index contributed by atoms with van der Waals surface area (Å²) < 4.78 is 74.0. The monoisotopic (exact) mass is 747 g/mol. The standard InChI is InChI=1S/C34H35ClF5N9O3/c1-32(2,3)16-33(22-7-4-19(5-8-22)21-13-44-47(14-21)23-9-10-23)29(50)48(30(41)46-33)26(15-52-31(51)42-17-34(38,39)40)20-6-11-24(35)25(12-20)49-28(27(36)37)43-18-45-49/h4-8,11-14,18,23,26-27H,9-10,15-17H2,1-3H3,(H2,41,46)(H,42,51)/t26-,33-/m1/s1. The van der Waals surface area contributed by atoms with Gasteiger partial charge in [-0.25, -0.2) is 28.2 Å². The van der Waals surface area contributed by atoms with Crippen molar-refractivity contribution >= 4 is 29.6 Å². The third-order valence-corrected chi connectivity index (χ3v) is 8.92. The molecule has 0 bridgehead atoms. The summed E-state index contributed by atoms with van der Waals surface area (Å²) in [7, 11) is 0. The van der Waals surface area contributed by atoms with Gasteiger partial charge in [-0.1, -0.05) is 62.7 Å². The number of guanidine groups is 1. The van der Waals surface area contributed by atoms with Crippen molar-refractivity contribution in [2.45, 2.75) is 70.3 Å². The molecule has 12 nitrogen and oxygen atoms in total. The molecule has 2 atom stereocenters. The second kappa shape index (κ2) is 13.8. The predicted octanol–water partition coefficient (Wildman–Crippen LogP) is 6.87. The van der Waals surface area contributed by atoms with E-state index >= 15 is 0 Å². The van der Waals surface area contributed by atoms with Gasteiger partial charge in [0.15, 0.2) is 17.3 Å². The van der Waals surface area contributed by atoms with Gasteiger partial charge in [0.25, 0.3) is 12.3 Å². The summed E-state index contributed by atoms with van der Waals surface area (Å²) in [6, 6.07) is 10.5. The number of alkyl carbamates (subject to hydrolysis) is 1. The zero-order valence-electron chi connectivity index (χ0n) is 28.2. The maximum Gasteiger partial charge on any atom is 0.407 e. The van der Waals surface area contributed by atoms with Crippen molar-refractivity contribution < 1.29 is 36.3 Å². The van der Waals surface area contributed by atoms with Gasteiger partial charge >= 0.3 is 12.3 Å². The third kappa shape index (κ3) is 7.73. The molecule has 276 valence electrons. The van der Waals surface area contributed by atoms with Crippen LogP contribution in [0, 0.1) is 5.41 Å². The molecule has 1 saturated carbocycles. The SMILES string of the molecule is CC(C)(C)C[C@]1(c2ccc(-c3cnn(C4CC4)c3)cc2)N=C(N)N([C@H](COC(=O)NCC(F)(F)F)c2ccc(Cl)c(-n3ncnc3C(F)F)c2)C1=O. The van der Waals surface area contributed by atoms with Gasteiger partial charge in [0, 0.05) is 11.8 Å². The quantitative estimate of drug-likeness (QED) is 0.159. The van der Waals surface area contributed by atoms with Crippen LogP contribution in [0.4, 0.5) is 26.7 Å². The first-order valence-electron chi connectivity index (χ1n) is 16.2. The maximum atomic E-state index is 14.9. The second-order valence-corrected chi connectivity index (χ2v) is 14.3. The van der Waals surface area contributed by atoms with Crippen molar-refractivity contribution in [2.75, 3.05) is 13.2 Å². The molecule has 0 unspecified atom stereocenters. The highest BCUT2D eigenvalue weighted by molar-refractivity contribution is 6.32. The summed E-state index contributed by atoms with van der Waals surface area (Å²) in [5.74, 6) is -1.59. The zero-order chi connectivity index (χ0) is 37.6. The molecule has 0 spiro atoms. The smallest absolute Gasteiger partial charge is 0.407 e. The molecule has 4 aromatic rings. The van der Waals surface area contributed by atoms with Gasteiger partial charge in [-0.05, 0) is 53.5 Å². The topological polar surface area (TPSA) is 146 Å². The van der Waals surface area contributed by atoms with Crippen LogP contribution in [0.15, 0.2) is 66.2 Å². The van der Waals surface area contributed by atoms with Crippen LogP contribution in [0.25, 0.3) is 16.8 Å². The summed E-state index contributed by atoms with van der Waals surface area (Å²) in [5, 5.41) is 9.93. The molecule has 6 rings (SSSR count). The van der Waals surface area contributed by atoms with Gasteiger partial charge in [-0.3, -0.25) is 14.4 Å². The predicted molar refractivity (Wildman–Crippen MR) is 180 cm³/mol. The molecule has 18 heteroatoms. The minimum absolute atomic E-state index is 0.0158. The Morgan fingerprint density at radius 3 is 2.44 bits per heavy atom. The Morgan fingerprint density at radius 2 is 1.81 bits per heavy atom. The van der Waals surface area contributed by atoms with Gasteiger partial charge in [-0.2, -0.15) is 23.4 Å². The van der Waals surface area contributed by atoms with Crippen LogP contribution in [-0.4, -0.2) is 66.7 Å². The number of aliphatic imine (C=N–C) groups is 1. The molecular formula is C34H35ClF5N9O3. The molecule has 1 aliphatic carbocycles. The number of halogens is 6. The summed E-state index contributed by atoms with van der Waals surface area (Å²) in [6.45, 7) is 3.40. The Labute approximate surface area is 299 Å². The molecule has 2 aliphatic rings. The number of rotatable bonds is 11.